The number of aryl methyl sites for hydroxylation is 2. The first-order chi connectivity index (χ1) is 15.6. The zero-order valence-corrected chi connectivity index (χ0v) is 19.1. The van der Waals surface area contributed by atoms with Gasteiger partial charge in [0.1, 0.15) is 6.04 Å². The summed E-state index contributed by atoms with van der Waals surface area (Å²) < 4.78 is 0. The summed E-state index contributed by atoms with van der Waals surface area (Å²) in [4.78, 5) is 15.4. The van der Waals surface area contributed by atoms with Crippen molar-refractivity contribution >= 4 is 17.3 Å². The molecule has 3 aromatic rings. The molecule has 0 saturated carbocycles. The second-order valence-electron chi connectivity index (χ2n) is 8.80. The van der Waals surface area contributed by atoms with E-state index in [2.05, 4.69) is 85.1 Å². The molecule has 4 heteroatoms. The number of hydrogen-bond acceptors (Lipinski definition) is 3. The number of para-hydroxylation sites is 2. The lowest BCUT2D eigenvalue weighted by molar-refractivity contribution is -0.130. The van der Waals surface area contributed by atoms with Crippen LogP contribution in [0.4, 0.5) is 11.4 Å². The van der Waals surface area contributed by atoms with Crippen LogP contribution in [0, 0.1) is 13.8 Å². The number of nitrogens with one attached hydrogen (secondary N) is 2. The van der Waals surface area contributed by atoms with Gasteiger partial charge in [-0.15, -0.1) is 0 Å². The van der Waals surface area contributed by atoms with Gasteiger partial charge in [0.05, 0.1) is 11.4 Å². The maximum Gasteiger partial charge on any atom is 0.245 e. The Morgan fingerprint density at radius 1 is 0.812 bits per heavy atom. The Morgan fingerprint density at radius 3 is 2.00 bits per heavy atom. The van der Waals surface area contributed by atoms with E-state index in [9.17, 15) is 4.79 Å². The van der Waals surface area contributed by atoms with Crippen LogP contribution < -0.4 is 10.6 Å². The van der Waals surface area contributed by atoms with Crippen molar-refractivity contribution in [2.75, 3.05) is 23.7 Å². The molecule has 1 amide bonds. The predicted octanol–water partition coefficient (Wildman–Crippen LogP) is 5.56. The Kier molecular flexibility index (Phi) is 7.10. The second kappa shape index (κ2) is 10.4. The molecule has 4 nitrogen and oxygen atoms in total. The summed E-state index contributed by atoms with van der Waals surface area (Å²) in [6.45, 7) is 6.64. The molecule has 0 aliphatic carbocycles. The van der Waals surface area contributed by atoms with Crippen molar-refractivity contribution in [2.45, 2.75) is 45.7 Å². The molecule has 1 atom stereocenters. The number of carbonyl (C=O) groups excluding carboxylic acids is 1. The molecule has 2 N–H and O–H groups in total. The molecule has 0 spiro atoms. The van der Waals surface area contributed by atoms with E-state index in [0.717, 1.165) is 43.9 Å². The SMILES string of the molecule is Cc1ccc(CNc2ccccc2NC(Cc2ccc(C)cc2)C(=O)N2CCCC2)cc1. The standard InChI is InChI=1S/C28H33N3O/c1-21-9-13-23(14-10-21)19-27(28(32)31-17-5-6-18-31)30-26-8-4-3-7-25(26)29-20-24-15-11-22(2)12-16-24/h3-4,7-16,27,29-30H,5-6,17-20H2,1-2H3. The van der Waals surface area contributed by atoms with Crippen molar-refractivity contribution in [2.24, 2.45) is 0 Å². The van der Waals surface area contributed by atoms with Gasteiger partial charge in [0.25, 0.3) is 0 Å². The van der Waals surface area contributed by atoms with Crippen molar-refractivity contribution in [3.05, 3.63) is 95.1 Å². The highest BCUT2D eigenvalue weighted by Crippen LogP contribution is 2.25. The van der Waals surface area contributed by atoms with Crippen LogP contribution in [0.15, 0.2) is 72.8 Å². The third-order valence-electron chi connectivity index (χ3n) is 6.14. The van der Waals surface area contributed by atoms with Gasteiger partial charge in [0, 0.05) is 26.1 Å². The minimum atomic E-state index is -0.293. The number of anilines is 2. The van der Waals surface area contributed by atoms with Crippen molar-refractivity contribution in [1.82, 2.24) is 4.90 Å². The smallest absolute Gasteiger partial charge is 0.245 e. The van der Waals surface area contributed by atoms with Crippen LogP contribution in [0.3, 0.4) is 0 Å². The van der Waals surface area contributed by atoms with Gasteiger partial charge < -0.3 is 15.5 Å². The van der Waals surface area contributed by atoms with Gasteiger partial charge in [-0.1, -0.05) is 71.8 Å². The monoisotopic (exact) mass is 427 g/mol. The maximum absolute atomic E-state index is 13.4. The second-order valence-corrected chi connectivity index (χ2v) is 8.80. The molecule has 0 aromatic heterocycles. The highest BCUT2D eigenvalue weighted by Gasteiger charge is 2.27. The first kappa shape index (κ1) is 21.9. The number of likely N-dealkylation sites (tertiary alicyclic amines) is 1. The predicted molar refractivity (Wildman–Crippen MR) is 133 cm³/mol. The summed E-state index contributed by atoms with van der Waals surface area (Å²) >= 11 is 0. The summed E-state index contributed by atoms with van der Waals surface area (Å²) in [6.07, 6.45) is 2.86. The third kappa shape index (κ3) is 5.70. The molecule has 166 valence electrons. The molecule has 1 unspecified atom stereocenters. The highest BCUT2D eigenvalue weighted by molar-refractivity contribution is 5.86. The van der Waals surface area contributed by atoms with E-state index in [0.29, 0.717) is 6.42 Å². The van der Waals surface area contributed by atoms with Crippen LogP contribution in [-0.4, -0.2) is 29.9 Å². The van der Waals surface area contributed by atoms with E-state index in [-0.39, 0.29) is 11.9 Å². The lowest BCUT2D eigenvalue weighted by Gasteiger charge is -2.26. The molecule has 4 rings (SSSR count). The number of nitrogens with zero attached hydrogens (tertiary/aromatic N) is 1. The molecular formula is C28H33N3O. The molecule has 1 saturated heterocycles. The number of rotatable bonds is 8. The van der Waals surface area contributed by atoms with E-state index in [1.165, 1.54) is 22.3 Å². The number of amides is 1. The highest BCUT2D eigenvalue weighted by atomic mass is 16.2. The molecule has 0 bridgehead atoms. The molecule has 32 heavy (non-hydrogen) atoms. The quantitative estimate of drug-likeness (QED) is 0.495. The van der Waals surface area contributed by atoms with Gasteiger partial charge in [0.2, 0.25) is 5.91 Å². The first-order valence-electron chi connectivity index (χ1n) is 11.6. The van der Waals surface area contributed by atoms with Gasteiger partial charge in [-0.2, -0.15) is 0 Å². The molecule has 3 aromatic carbocycles. The summed E-state index contributed by atoms with van der Waals surface area (Å²) in [7, 11) is 0. The maximum atomic E-state index is 13.4. The lowest BCUT2D eigenvalue weighted by atomic mass is 10.0. The van der Waals surface area contributed by atoms with Crippen molar-refractivity contribution < 1.29 is 4.79 Å². The van der Waals surface area contributed by atoms with Crippen LogP contribution in [0.2, 0.25) is 0 Å². The summed E-state index contributed by atoms with van der Waals surface area (Å²) in [5.74, 6) is 0.191. The fourth-order valence-corrected chi connectivity index (χ4v) is 4.17. The Bertz CT molecular complexity index is 1020. The van der Waals surface area contributed by atoms with Gasteiger partial charge in [-0.3, -0.25) is 4.79 Å². The van der Waals surface area contributed by atoms with Crippen LogP contribution in [0.1, 0.15) is 35.1 Å². The number of hydrogen-bond donors (Lipinski definition) is 2. The largest absolute Gasteiger partial charge is 0.379 e. The molecule has 1 heterocycles. The molecule has 1 fully saturated rings. The van der Waals surface area contributed by atoms with Gasteiger partial charge >= 0.3 is 0 Å². The molecular weight excluding hydrogens is 394 g/mol. The van der Waals surface area contributed by atoms with E-state index >= 15 is 0 Å². The van der Waals surface area contributed by atoms with Crippen LogP contribution in [-0.2, 0) is 17.8 Å². The van der Waals surface area contributed by atoms with Crippen molar-refractivity contribution in [1.29, 1.82) is 0 Å². The average Bonchev–Trinajstić information content (AvgIpc) is 3.35. The summed E-state index contributed by atoms with van der Waals surface area (Å²) in [5, 5.41) is 7.13. The van der Waals surface area contributed by atoms with Gasteiger partial charge in [0.15, 0.2) is 0 Å². The normalized spacial score (nSPS) is 14.2. The minimum absolute atomic E-state index is 0.191. The van der Waals surface area contributed by atoms with Crippen LogP contribution in [0.5, 0.6) is 0 Å². The number of benzene rings is 3. The van der Waals surface area contributed by atoms with Crippen LogP contribution >= 0.6 is 0 Å². The lowest BCUT2D eigenvalue weighted by Crippen LogP contribution is -2.42. The van der Waals surface area contributed by atoms with E-state index in [1.807, 2.05) is 17.0 Å². The fourth-order valence-electron chi connectivity index (χ4n) is 4.17. The molecule has 1 aliphatic rings. The zero-order valence-electron chi connectivity index (χ0n) is 19.1. The van der Waals surface area contributed by atoms with E-state index in [4.69, 9.17) is 0 Å². The third-order valence-corrected chi connectivity index (χ3v) is 6.14. The van der Waals surface area contributed by atoms with Gasteiger partial charge in [-0.05, 0) is 49.9 Å². The Labute approximate surface area is 191 Å². The van der Waals surface area contributed by atoms with Crippen molar-refractivity contribution in [3.8, 4) is 0 Å². The van der Waals surface area contributed by atoms with E-state index < -0.39 is 0 Å². The Balaban J connectivity index is 1.52. The Hall–Kier alpha value is -3.27. The fraction of sp³-hybridized carbons (Fsp3) is 0.321. The Morgan fingerprint density at radius 2 is 1.38 bits per heavy atom. The zero-order chi connectivity index (χ0) is 22.3. The van der Waals surface area contributed by atoms with Crippen molar-refractivity contribution in [3.63, 3.8) is 0 Å². The summed E-state index contributed by atoms with van der Waals surface area (Å²) in [6, 6.07) is 24.9. The van der Waals surface area contributed by atoms with E-state index in [1.54, 1.807) is 0 Å². The van der Waals surface area contributed by atoms with Crippen LogP contribution in [0.25, 0.3) is 0 Å². The number of carbonyl (C=O) groups is 1. The molecule has 0 radical (unpaired) electrons. The minimum Gasteiger partial charge on any atom is -0.379 e. The van der Waals surface area contributed by atoms with Gasteiger partial charge in [-0.25, -0.2) is 0 Å². The molecule has 1 aliphatic heterocycles. The topological polar surface area (TPSA) is 44.4 Å². The average molecular weight is 428 g/mol. The first-order valence-corrected chi connectivity index (χ1v) is 11.6. The summed E-state index contributed by atoms with van der Waals surface area (Å²) in [5.41, 5.74) is 6.87.